The number of carboxylic acids is 1. The molecule has 7 heteroatoms. The van der Waals surface area contributed by atoms with E-state index in [1.807, 2.05) is 18.4 Å². The second kappa shape index (κ2) is 6.19. The largest absolute Gasteiger partial charge is 0.478 e. The number of nitrogens with one attached hydrogen (secondary N) is 1. The Morgan fingerprint density at radius 2 is 1.62 bits per heavy atom. The van der Waals surface area contributed by atoms with Crippen molar-refractivity contribution < 1.29 is 18.3 Å². The molecular formula is C14H13NO4S2. The molecule has 21 heavy (non-hydrogen) atoms. The Kier molecular flexibility index (Phi) is 4.54. The third-order valence-electron chi connectivity index (χ3n) is 2.75. The van der Waals surface area contributed by atoms with Crippen molar-refractivity contribution in [2.45, 2.75) is 9.79 Å². The first-order chi connectivity index (χ1) is 9.92. The Morgan fingerprint density at radius 1 is 1.05 bits per heavy atom. The molecule has 5 nitrogen and oxygen atoms in total. The van der Waals surface area contributed by atoms with Gasteiger partial charge in [-0.3, -0.25) is 4.72 Å². The number of carbonyl (C=O) groups is 1. The van der Waals surface area contributed by atoms with Crippen LogP contribution in [0.1, 0.15) is 10.4 Å². The second-order valence-electron chi connectivity index (χ2n) is 4.16. The Bertz CT molecular complexity index is 738. The van der Waals surface area contributed by atoms with Gasteiger partial charge >= 0.3 is 5.97 Å². The van der Waals surface area contributed by atoms with Gasteiger partial charge in [0.25, 0.3) is 10.0 Å². The molecule has 0 aliphatic heterocycles. The topological polar surface area (TPSA) is 83.5 Å². The van der Waals surface area contributed by atoms with E-state index in [2.05, 4.69) is 4.72 Å². The molecule has 2 aromatic carbocycles. The van der Waals surface area contributed by atoms with E-state index < -0.39 is 16.0 Å². The average molecular weight is 323 g/mol. The van der Waals surface area contributed by atoms with Gasteiger partial charge in [-0.2, -0.15) is 0 Å². The van der Waals surface area contributed by atoms with Crippen molar-refractivity contribution in [3.05, 3.63) is 54.1 Å². The van der Waals surface area contributed by atoms with Crippen LogP contribution in [0.2, 0.25) is 0 Å². The highest BCUT2D eigenvalue weighted by atomic mass is 32.2. The van der Waals surface area contributed by atoms with E-state index in [0.717, 1.165) is 4.90 Å². The van der Waals surface area contributed by atoms with Crippen molar-refractivity contribution in [2.24, 2.45) is 0 Å². The quantitative estimate of drug-likeness (QED) is 0.827. The number of sulfonamides is 1. The third kappa shape index (κ3) is 3.77. The SMILES string of the molecule is CSc1ccc(NS(=O)(=O)c2ccc(C(=O)O)cc2)cc1. The van der Waals surface area contributed by atoms with E-state index in [1.165, 1.54) is 24.3 Å². The van der Waals surface area contributed by atoms with Crippen molar-refractivity contribution in [1.82, 2.24) is 0 Å². The maximum Gasteiger partial charge on any atom is 0.335 e. The first-order valence-electron chi connectivity index (χ1n) is 5.92. The van der Waals surface area contributed by atoms with Crippen LogP contribution in [0.5, 0.6) is 0 Å². The predicted molar refractivity (Wildman–Crippen MR) is 82.4 cm³/mol. The number of hydrogen-bond donors (Lipinski definition) is 2. The molecule has 0 fully saturated rings. The lowest BCUT2D eigenvalue weighted by Gasteiger charge is -2.08. The number of aromatic carboxylic acids is 1. The van der Waals surface area contributed by atoms with Gasteiger partial charge in [0.15, 0.2) is 0 Å². The zero-order chi connectivity index (χ0) is 15.5. The fraction of sp³-hybridized carbons (Fsp3) is 0.0714. The Morgan fingerprint density at radius 3 is 2.10 bits per heavy atom. The van der Waals surface area contributed by atoms with E-state index >= 15 is 0 Å². The lowest BCUT2D eigenvalue weighted by Crippen LogP contribution is -2.13. The molecule has 0 amide bonds. The number of anilines is 1. The molecule has 0 saturated carbocycles. The van der Waals surface area contributed by atoms with Crippen molar-refractivity contribution in [1.29, 1.82) is 0 Å². The van der Waals surface area contributed by atoms with Gasteiger partial charge in [0, 0.05) is 10.6 Å². The minimum atomic E-state index is -3.73. The van der Waals surface area contributed by atoms with Gasteiger partial charge in [-0.25, -0.2) is 13.2 Å². The van der Waals surface area contributed by atoms with Crippen molar-refractivity contribution in [2.75, 3.05) is 11.0 Å². The highest BCUT2D eigenvalue weighted by Crippen LogP contribution is 2.20. The van der Waals surface area contributed by atoms with E-state index in [4.69, 9.17) is 5.11 Å². The summed E-state index contributed by atoms with van der Waals surface area (Å²) in [5.74, 6) is -1.10. The van der Waals surface area contributed by atoms with E-state index in [-0.39, 0.29) is 10.5 Å². The number of rotatable bonds is 5. The fourth-order valence-electron chi connectivity index (χ4n) is 1.65. The van der Waals surface area contributed by atoms with Crippen LogP contribution in [0.25, 0.3) is 0 Å². The molecule has 0 spiro atoms. The molecule has 0 aromatic heterocycles. The summed E-state index contributed by atoms with van der Waals surface area (Å²) in [6.45, 7) is 0. The summed E-state index contributed by atoms with van der Waals surface area (Å²) >= 11 is 1.56. The molecule has 0 heterocycles. The summed E-state index contributed by atoms with van der Waals surface area (Å²) in [5.41, 5.74) is 0.494. The first-order valence-corrected chi connectivity index (χ1v) is 8.63. The monoisotopic (exact) mass is 323 g/mol. The summed E-state index contributed by atoms with van der Waals surface area (Å²) in [4.78, 5) is 11.8. The van der Waals surface area contributed by atoms with E-state index in [0.29, 0.717) is 5.69 Å². The molecule has 2 aromatic rings. The molecule has 0 aliphatic rings. The molecule has 0 aliphatic carbocycles. The number of hydrogen-bond acceptors (Lipinski definition) is 4. The first kappa shape index (κ1) is 15.4. The van der Waals surface area contributed by atoms with Gasteiger partial charge in [-0.05, 0) is 54.8 Å². The van der Waals surface area contributed by atoms with Gasteiger partial charge in [-0.15, -0.1) is 11.8 Å². The molecule has 2 rings (SSSR count). The van der Waals surface area contributed by atoms with Crippen LogP contribution >= 0.6 is 11.8 Å². The van der Waals surface area contributed by atoms with E-state index in [1.54, 1.807) is 23.9 Å². The Hall–Kier alpha value is -1.99. The zero-order valence-corrected chi connectivity index (χ0v) is 12.7. The van der Waals surface area contributed by atoms with Crippen molar-refractivity contribution in [3.63, 3.8) is 0 Å². The van der Waals surface area contributed by atoms with Gasteiger partial charge in [-0.1, -0.05) is 0 Å². The van der Waals surface area contributed by atoms with Crippen molar-refractivity contribution in [3.8, 4) is 0 Å². The predicted octanol–water partition coefficient (Wildman–Crippen LogP) is 2.91. The van der Waals surface area contributed by atoms with Crippen molar-refractivity contribution >= 4 is 33.4 Å². The molecule has 2 N–H and O–H groups in total. The molecule has 0 radical (unpaired) electrons. The van der Waals surface area contributed by atoms with Crippen LogP contribution in [0.3, 0.4) is 0 Å². The summed E-state index contributed by atoms with van der Waals surface area (Å²) in [5, 5.41) is 8.80. The molecule has 0 atom stereocenters. The summed E-state index contributed by atoms with van der Waals surface area (Å²) in [7, 11) is -3.73. The number of thioether (sulfide) groups is 1. The van der Waals surface area contributed by atoms with E-state index in [9.17, 15) is 13.2 Å². The third-order valence-corrected chi connectivity index (χ3v) is 4.89. The molecular weight excluding hydrogens is 310 g/mol. The zero-order valence-electron chi connectivity index (χ0n) is 11.1. The average Bonchev–Trinajstić information content (AvgIpc) is 2.48. The van der Waals surface area contributed by atoms with Crippen LogP contribution in [-0.2, 0) is 10.0 Å². The summed E-state index contributed by atoms with van der Waals surface area (Å²) < 4.78 is 26.8. The fourth-order valence-corrected chi connectivity index (χ4v) is 3.12. The van der Waals surface area contributed by atoms with Crippen LogP contribution in [0.4, 0.5) is 5.69 Å². The van der Waals surface area contributed by atoms with Gasteiger partial charge < -0.3 is 5.11 Å². The molecule has 0 bridgehead atoms. The Labute approximate surface area is 127 Å². The minimum Gasteiger partial charge on any atom is -0.478 e. The van der Waals surface area contributed by atoms with Crippen LogP contribution < -0.4 is 4.72 Å². The van der Waals surface area contributed by atoms with Gasteiger partial charge in [0.2, 0.25) is 0 Å². The lowest BCUT2D eigenvalue weighted by molar-refractivity contribution is 0.0697. The normalized spacial score (nSPS) is 11.1. The van der Waals surface area contributed by atoms with Crippen LogP contribution in [-0.4, -0.2) is 25.7 Å². The summed E-state index contributed by atoms with van der Waals surface area (Å²) in [6.07, 6.45) is 1.93. The highest BCUT2D eigenvalue weighted by molar-refractivity contribution is 7.98. The maximum absolute atomic E-state index is 12.2. The maximum atomic E-state index is 12.2. The summed E-state index contributed by atoms with van der Waals surface area (Å²) in [6, 6.07) is 12.0. The lowest BCUT2D eigenvalue weighted by atomic mass is 10.2. The smallest absolute Gasteiger partial charge is 0.335 e. The molecule has 0 saturated heterocycles. The second-order valence-corrected chi connectivity index (χ2v) is 6.73. The molecule has 110 valence electrons. The van der Waals surface area contributed by atoms with Gasteiger partial charge in [0.1, 0.15) is 0 Å². The number of benzene rings is 2. The number of carboxylic acid groups (broad SMARTS) is 1. The van der Waals surface area contributed by atoms with Crippen LogP contribution in [0, 0.1) is 0 Å². The minimum absolute atomic E-state index is 0.0152. The van der Waals surface area contributed by atoms with Crippen LogP contribution in [0.15, 0.2) is 58.3 Å². The highest BCUT2D eigenvalue weighted by Gasteiger charge is 2.14. The standard InChI is InChI=1S/C14H13NO4S2/c1-20-12-6-4-11(5-7-12)15-21(18,19)13-8-2-10(3-9-13)14(16)17/h2-9,15H,1H3,(H,16,17). The molecule has 0 unspecified atom stereocenters. The van der Waals surface area contributed by atoms with Gasteiger partial charge in [0.05, 0.1) is 10.5 Å². The Balaban J connectivity index is 2.22.